The van der Waals surface area contributed by atoms with Crippen molar-refractivity contribution in [3.8, 4) is 5.75 Å². The van der Waals surface area contributed by atoms with E-state index in [2.05, 4.69) is 28.8 Å². The SMILES string of the molecule is [c]1c(OC2NCCN2)ccc2ccccc12. The summed E-state index contributed by atoms with van der Waals surface area (Å²) < 4.78 is 5.71. The van der Waals surface area contributed by atoms with Crippen LogP contribution in [-0.2, 0) is 0 Å². The van der Waals surface area contributed by atoms with Crippen molar-refractivity contribution in [2.75, 3.05) is 13.1 Å². The lowest BCUT2D eigenvalue weighted by Crippen LogP contribution is -2.36. The standard InChI is InChI=1S/C13H13N2O/c1-2-4-11-9-12(6-5-10(11)3-1)16-13-14-7-8-15-13/h1-6,13-15H,7-8H2. The monoisotopic (exact) mass is 213 g/mol. The van der Waals surface area contributed by atoms with Gasteiger partial charge >= 0.3 is 0 Å². The summed E-state index contributed by atoms with van der Waals surface area (Å²) in [6, 6.07) is 15.4. The smallest absolute Gasteiger partial charge is 0.207 e. The molecule has 0 bridgehead atoms. The zero-order valence-corrected chi connectivity index (χ0v) is 8.86. The van der Waals surface area contributed by atoms with Gasteiger partial charge in [0.05, 0.1) is 0 Å². The Morgan fingerprint density at radius 3 is 2.75 bits per heavy atom. The van der Waals surface area contributed by atoms with E-state index in [0.717, 1.165) is 24.2 Å². The van der Waals surface area contributed by atoms with E-state index in [9.17, 15) is 0 Å². The van der Waals surface area contributed by atoms with Gasteiger partial charge in [0.25, 0.3) is 0 Å². The van der Waals surface area contributed by atoms with Gasteiger partial charge < -0.3 is 4.74 Å². The molecule has 1 radical (unpaired) electrons. The molecule has 1 saturated heterocycles. The number of fused-ring (bicyclic) bond motifs is 1. The molecule has 2 aromatic carbocycles. The maximum atomic E-state index is 5.71. The lowest BCUT2D eigenvalue weighted by atomic mass is 10.1. The zero-order chi connectivity index (χ0) is 10.8. The van der Waals surface area contributed by atoms with E-state index in [-0.39, 0.29) is 6.35 Å². The number of hydrogen-bond acceptors (Lipinski definition) is 3. The van der Waals surface area contributed by atoms with Gasteiger partial charge in [0.15, 0.2) is 0 Å². The molecule has 1 fully saturated rings. The second kappa shape index (κ2) is 4.12. The van der Waals surface area contributed by atoms with E-state index in [1.807, 2.05) is 24.3 Å². The van der Waals surface area contributed by atoms with Crippen LogP contribution in [0, 0.1) is 6.07 Å². The first-order chi connectivity index (χ1) is 7.92. The molecule has 3 rings (SSSR count). The second-order valence-corrected chi connectivity index (χ2v) is 3.82. The van der Waals surface area contributed by atoms with Crippen molar-refractivity contribution in [3.63, 3.8) is 0 Å². The molecule has 0 amide bonds. The van der Waals surface area contributed by atoms with Crippen LogP contribution in [-0.4, -0.2) is 19.4 Å². The van der Waals surface area contributed by atoms with Gasteiger partial charge in [-0.25, -0.2) is 0 Å². The van der Waals surface area contributed by atoms with Crippen molar-refractivity contribution in [1.82, 2.24) is 10.6 Å². The third kappa shape index (κ3) is 1.87. The van der Waals surface area contributed by atoms with E-state index in [4.69, 9.17) is 4.74 Å². The molecule has 3 nitrogen and oxygen atoms in total. The van der Waals surface area contributed by atoms with Gasteiger partial charge in [0, 0.05) is 19.2 Å². The van der Waals surface area contributed by atoms with Gasteiger partial charge in [0.1, 0.15) is 5.75 Å². The Balaban J connectivity index is 1.86. The fourth-order valence-electron chi connectivity index (χ4n) is 1.85. The summed E-state index contributed by atoms with van der Waals surface area (Å²) in [6.07, 6.45) is -0.0857. The molecular weight excluding hydrogens is 200 g/mol. The summed E-state index contributed by atoms with van der Waals surface area (Å²) in [5.41, 5.74) is 0. The van der Waals surface area contributed by atoms with Crippen LogP contribution in [0.3, 0.4) is 0 Å². The van der Waals surface area contributed by atoms with E-state index < -0.39 is 0 Å². The average Bonchev–Trinajstić information content (AvgIpc) is 2.82. The van der Waals surface area contributed by atoms with Crippen molar-refractivity contribution >= 4 is 10.8 Å². The quantitative estimate of drug-likeness (QED) is 0.793. The first kappa shape index (κ1) is 9.63. The Labute approximate surface area is 94.4 Å². The number of ether oxygens (including phenoxy) is 1. The predicted octanol–water partition coefficient (Wildman–Crippen LogP) is 1.50. The van der Waals surface area contributed by atoms with Crippen molar-refractivity contribution in [2.45, 2.75) is 6.35 Å². The summed E-state index contributed by atoms with van der Waals surface area (Å²) in [7, 11) is 0. The van der Waals surface area contributed by atoms with Crippen LogP contribution in [0.15, 0.2) is 36.4 Å². The molecule has 81 valence electrons. The molecule has 0 aromatic heterocycles. The molecule has 1 heterocycles. The van der Waals surface area contributed by atoms with E-state index >= 15 is 0 Å². The highest BCUT2D eigenvalue weighted by molar-refractivity contribution is 5.83. The van der Waals surface area contributed by atoms with E-state index in [1.165, 1.54) is 5.39 Å². The molecule has 0 atom stereocenters. The van der Waals surface area contributed by atoms with Crippen molar-refractivity contribution in [3.05, 3.63) is 42.5 Å². The maximum absolute atomic E-state index is 5.71. The summed E-state index contributed by atoms with van der Waals surface area (Å²) in [4.78, 5) is 0. The van der Waals surface area contributed by atoms with Crippen LogP contribution in [0.2, 0.25) is 0 Å². The van der Waals surface area contributed by atoms with Gasteiger partial charge in [-0.1, -0.05) is 30.3 Å². The second-order valence-electron chi connectivity index (χ2n) is 3.82. The molecule has 0 saturated carbocycles. The van der Waals surface area contributed by atoms with Crippen LogP contribution in [0.4, 0.5) is 0 Å². The predicted molar refractivity (Wildman–Crippen MR) is 63.2 cm³/mol. The Morgan fingerprint density at radius 1 is 1.06 bits per heavy atom. The summed E-state index contributed by atoms with van der Waals surface area (Å²) in [5.74, 6) is 0.769. The van der Waals surface area contributed by atoms with E-state index in [0.29, 0.717) is 0 Å². The summed E-state index contributed by atoms with van der Waals surface area (Å²) >= 11 is 0. The Bertz CT molecular complexity index is 492. The minimum Gasteiger partial charge on any atom is -0.462 e. The van der Waals surface area contributed by atoms with Gasteiger partial charge in [-0.3, -0.25) is 10.6 Å². The maximum Gasteiger partial charge on any atom is 0.207 e. The van der Waals surface area contributed by atoms with Crippen LogP contribution in [0.5, 0.6) is 5.75 Å². The normalized spacial score (nSPS) is 16.8. The molecule has 1 aliphatic heterocycles. The zero-order valence-electron chi connectivity index (χ0n) is 8.86. The summed E-state index contributed by atoms with van der Waals surface area (Å²) in [6.45, 7) is 1.89. The minimum absolute atomic E-state index is 0.0857. The molecule has 1 aliphatic rings. The van der Waals surface area contributed by atoms with E-state index in [1.54, 1.807) is 0 Å². The summed E-state index contributed by atoms with van der Waals surface area (Å²) in [5, 5.41) is 8.66. The van der Waals surface area contributed by atoms with Crippen LogP contribution < -0.4 is 15.4 Å². The van der Waals surface area contributed by atoms with Gasteiger partial charge in [0.2, 0.25) is 6.35 Å². The molecule has 0 spiro atoms. The number of benzene rings is 2. The minimum atomic E-state index is -0.0857. The molecular formula is C13H13N2O. The third-order valence-electron chi connectivity index (χ3n) is 2.66. The fourth-order valence-corrected chi connectivity index (χ4v) is 1.85. The number of nitrogens with one attached hydrogen (secondary N) is 2. The van der Waals surface area contributed by atoms with Crippen LogP contribution in [0.1, 0.15) is 0 Å². The fraction of sp³-hybridized carbons (Fsp3) is 0.231. The first-order valence-corrected chi connectivity index (χ1v) is 5.46. The van der Waals surface area contributed by atoms with Crippen LogP contribution in [0.25, 0.3) is 10.8 Å². The number of rotatable bonds is 2. The lowest BCUT2D eigenvalue weighted by Gasteiger charge is -2.13. The van der Waals surface area contributed by atoms with Gasteiger partial charge in [-0.15, -0.1) is 0 Å². The molecule has 2 aromatic rings. The highest BCUT2D eigenvalue weighted by Gasteiger charge is 2.13. The van der Waals surface area contributed by atoms with Crippen molar-refractivity contribution in [1.29, 1.82) is 0 Å². The molecule has 0 unspecified atom stereocenters. The van der Waals surface area contributed by atoms with Gasteiger partial charge in [-0.05, 0) is 16.8 Å². The van der Waals surface area contributed by atoms with Crippen molar-refractivity contribution < 1.29 is 4.74 Å². The Morgan fingerprint density at radius 2 is 1.88 bits per heavy atom. The highest BCUT2D eigenvalue weighted by atomic mass is 16.5. The Hall–Kier alpha value is -1.58. The Kier molecular flexibility index (Phi) is 2.48. The van der Waals surface area contributed by atoms with Gasteiger partial charge in [-0.2, -0.15) is 0 Å². The first-order valence-electron chi connectivity index (χ1n) is 5.46. The lowest BCUT2D eigenvalue weighted by molar-refractivity contribution is 0.165. The largest absolute Gasteiger partial charge is 0.462 e. The average molecular weight is 213 g/mol. The molecule has 2 N–H and O–H groups in total. The van der Waals surface area contributed by atoms with Crippen LogP contribution >= 0.6 is 0 Å². The molecule has 0 aliphatic carbocycles. The third-order valence-corrected chi connectivity index (χ3v) is 2.66. The topological polar surface area (TPSA) is 33.3 Å². The molecule has 3 heteroatoms. The highest BCUT2D eigenvalue weighted by Crippen LogP contribution is 2.20. The number of hydrogen-bond donors (Lipinski definition) is 2. The molecule has 16 heavy (non-hydrogen) atoms. The van der Waals surface area contributed by atoms with Crippen molar-refractivity contribution in [2.24, 2.45) is 0 Å².